The van der Waals surface area contributed by atoms with Gasteiger partial charge in [-0.25, -0.2) is 13.6 Å². The van der Waals surface area contributed by atoms with E-state index in [0.717, 1.165) is 24.8 Å². The van der Waals surface area contributed by atoms with Crippen LogP contribution >= 0.6 is 0 Å². The van der Waals surface area contributed by atoms with Gasteiger partial charge in [0.25, 0.3) is 0 Å². The van der Waals surface area contributed by atoms with Crippen LogP contribution in [0.3, 0.4) is 0 Å². The van der Waals surface area contributed by atoms with Crippen LogP contribution in [0, 0.1) is 12.8 Å². The van der Waals surface area contributed by atoms with Crippen molar-refractivity contribution in [2.24, 2.45) is 11.1 Å². The average Bonchev–Trinajstić information content (AvgIpc) is 2.16. The Morgan fingerprint density at radius 3 is 2.56 bits per heavy atom. The van der Waals surface area contributed by atoms with E-state index in [-0.39, 0.29) is 16.7 Å². The first-order chi connectivity index (χ1) is 8.38. The normalized spacial score (nSPS) is 16.1. The van der Waals surface area contributed by atoms with Crippen molar-refractivity contribution >= 4 is 21.6 Å². The van der Waals surface area contributed by atoms with Crippen LogP contribution in [-0.4, -0.2) is 14.3 Å². The monoisotopic (exact) mass is 268 g/mol. The highest BCUT2D eigenvalue weighted by molar-refractivity contribution is 7.89. The minimum Gasteiger partial charge on any atom is -0.326 e. The van der Waals surface area contributed by atoms with Crippen molar-refractivity contribution in [3.8, 4) is 0 Å². The summed E-state index contributed by atoms with van der Waals surface area (Å²) in [5.41, 5.74) is 1.33. The highest BCUT2D eigenvalue weighted by Crippen LogP contribution is 2.28. The molecule has 1 aliphatic carbocycles. The van der Waals surface area contributed by atoms with Crippen LogP contribution in [0.25, 0.3) is 0 Å². The molecule has 3 N–H and O–H groups in total. The maximum absolute atomic E-state index is 11.8. The largest absolute Gasteiger partial charge is 0.326 e. The number of nitrogens with one attached hydrogen (secondary N) is 1. The van der Waals surface area contributed by atoms with E-state index in [1.807, 2.05) is 6.92 Å². The van der Waals surface area contributed by atoms with Gasteiger partial charge < -0.3 is 5.32 Å². The molecule has 0 atom stereocenters. The van der Waals surface area contributed by atoms with Gasteiger partial charge in [-0.1, -0.05) is 12.5 Å². The summed E-state index contributed by atoms with van der Waals surface area (Å²) < 4.78 is 22.5. The van der Waals surface area contributed by atoms with Gasteiger partial charge in [-0.2, -0.15) is 0 Å². The molecule has 1 fully saturated rings. The van der Waals surface area contributed by atoms with Crippen molar-refractivity contribution in [3.05, 3.63) is 23.8 Å². The van der Waals surface area contributed by atoms with E-state index in [4.69, 9.17) is 5.14 Å². The third kappa shape index (κ3) is 2.70. The molecule has 5 nitrogen and oxygen atoms in total. The number of sulfonamides is 1. The number of primary sulfonamides is 1. The molecule has 0 saturated heterocycles. The second-order valence-corrected chi connectivity index (χ2v) is 6.20. The second-order valence-electron chi connectivity index (χ2n) is 4.64. The Morgan fingerprint density at radius 2 is 2.06 bits per heavy atom. The maximum atomic E-state index is 11.8. The van der Waals surface area contributed by atoms with Gasteiger partial charge in [-0.3, -0.25) is 4.79 Å². The van der Waals surface area contributed by atoms with Crippen LogP contribution in [0.2, 0.25) is 0 Å². The molecule has 1 aromatic rings. The molecular formula is C12H16N2O3S. The fourth-order valence-electron chi connectivity index (χ4n) is 1.82. The third-order valence-electron chi connectivity index (χ3n) is 3.27. The van der Waals surface area contributed by atoms with Crippen molar-refractivity contribution in [1.82, 2.24) is 0 Å². The summed E-state index contributed by atoms with van der Waals surface area (Å²) >= 11 is 0. The molecule has 1 amide bonds. The fraction of sp³-hybridized carbons (Fsp3) is 0.417. The zero-order valence-corrected chi connectivity index (χ0v) is 11.0. The summed E-state index contributed by atoms with van der Waals surface area (Å²) in [5, 5.41) is 7.83. The van der Waals surface area contributed by atoms with Crippen molar-refractivity contribution in [1.29, 1.82) is 0 Å². The van der Waals surface area contributed by atoms with Crippen molar-refractivity contribution in [2.45, 2.75) is 31.1 Å². The van der Waals surface area contributed by atoms with Gasteiger partial charge in [-0.05, 0) is 37.5 Å². The Labute approximate surface area is 106 Å². The molecule has 0 radical (unpaired) electrons. The van der Waals surface area contributed by atoms with Gasteiger partial charge in [0, 0.05) is 11.6 Å². The maximum Gasteiger partial charge on any atom is 0.238 e. The summed E-state index contributed by atoms with van der Waals surface area (Å²) in [4.78, 5) is 11.8. The SMILES string of the molecule is Cc1ccc(S(N)(=O)=O)cc1NC(=O)C1CCC1. The summed E-state index contributed by atoms with van der Waals surface area (Å²) in [5.74, 6) is 0.0125. The smallest absolute Gasteiger partial charge is 0.238 e. The molecule has 0 heterocycles. The number of hydrogen-bond donors (Lipinski definition) is 2. The Kier molecular flexibility index (Phi) is 3.41. The highest BCUT2D eigenvalue weighted by Gasteiger charge is 2.25. The zero-order chi connectivity index (χ0) is 13.3. The van der Waals surface area contributed by atoms with E-state index in [9.17, 15) is 13.2 Å². The second kappa shape index (κ2) is 4.70. The first kappa shape index (κ1) is 13.0. The Bertz CT molecular complexity index is 577. The van der Waals surface area contributed by atoms with Crippen LogP contribution in [-0.2, 0) is 14.8 Å². The van der Waals surface area contributed by atoms with Gasteiger partial charge in [0.05, 0.1) is 4.90 Å². The van der Waals surface area contributed by atoms with Crippen LogP contribution in [0.4, 0.5) is 5.69 Å². The van der Waals surface area contributed by atoms with E-state index < -0.39 is 10.0 Å². The molecule has 1 aromatic carbocycles. The predicted molar refractivity (Wildman–Crippen MR) is 68.5 cm³/mol. The van der Waals surface area contributed by atoms with E-state index in [1.165, 1.54) is 12.1 Å². The molecule has 1 aliphatic rings. The number of carbonyl (C=O) groups excluding carboxylic acids is 1. The van der Waals surface area contributed by atoms with Crippen molar-refractivity contribution in [2.75, 3.05) is 5.32 Å². The predicted octanol–water partition coefficient (Wildman–Crippen LogP) is 1.38. The van der Waals surface area contributed by atoms with Gasteiger partial charge in [0.1, 0.15) is 0 Å². The first-order valence-corrected chi connectivity index (χ1v) is 7.37. The number of hydrogen-bond acceptors (Lipinski definition) is 3. The molecule has 2 rings (SSSR count). The van der Waals surface area contributed by atoms with Crippen LogP contribution in [0.5, 0.6) is 0 Å². The van der Waals surface area contributed by atoms with Gasteiger partial charge >= 0.3 is 0 Å². The number of anilines is 1. The molecule has 0 unspecified atom stereocenters. The number of carbonyl (C=O) groups is 1. The molecule has 0 spiro atoms. The number of amides is 1. The summed E-state index contributed by atoms with van der Waals surface area (Å²) in [6.45, 7) is 1.81. The summed E-state index contributed by atoms with van der Waals surface area (Å²) in [7, 11) is -3.74. The van der Waals surface area contributed by atoms with Gasteiger partial charge in [-0.15, -0.1) is 0 Å². The third-order valence-corrected chi connectivity index (χ3v) is 4.18. The zero-order valence-electron chi connectivity index (χ0n) is 10.1. The molecule has 18 heavy (non-hydrogen) atoms. The minimum absolute atomic E-state index is 0.0111. The number of aryl methyl sites for hydroxylation is 1. The standard InChI is InChI=1S/C12H16N2O3S/c1-8-5-6-10(18(13,16)17)7-11(8)14-12(15)9-3-2-4-9/h5-7,9H,2-4H2,1H3,(H,14,15)(H2,13,16,17). The Balaban J connectivity index is 2.23. The number of nitrogens with two attached hydrogens (primary N) is 1. The molecule has 0 aromatic heterocycles. The van der Waals surface area contributed by atoms with E-state index in [2.05, 4.69) is 5.32 Å². The van der Waals surface area contributed by atoms with Crippen LogP contribution in [0.15, 0.2) is 23.1 Å². The molecule has 98 valence electrons. The van der Waals surface area contributed by atoms with Crippen LogP contribution < -0.4 is 10.5 Å². The summed E-state index contributed by atoms with van der Waals surface area (Å²) in [6.07, 6.45) is 2.88. The fourth-order valence-corrected chi connectivity index (χ4v) is 2.36. The molecule has 1 saturated carbocycles. The molecule has 6 heteroatoms. The molecule has 0 aliphatic heterocycles. The minimum atomic E-state index is -3.74. The van der Waals surface area contributed by atoms with Gasteiger partial charge in [0.2, 0.25) is 15.9 Å². The van der Waals surface area contributed by atoms with Gasteiger partial charge in [0.15, 0.2) is 0 Å². The lowest BCUT2D eigenvalue weighted by Gasteiger charge is -2.24. The first-order valence-electron chi connectivity index (χ1n) is 5.82. The average molecular weight is 268 g/mol. The topological polar surface area (TPSA) is 89.3 Å². The van der Waals surface area contributed by atoms with E-state index >= 15 is 0 Å². The lowest BCUT2D eigenvalue weighted by atomic mass is 9.85. The summed E-state index contributed by atoms with van der Waals surface area (Å²) in [6, 6.07) is 4.47. The lowest BCUT2D eigenvalue weighted by molar-refractivity contribution is -0.122. The molecule has 0 bridgehead atoms. The van der Waals surface area contributed by atoms with Crippen molar-refractivity contribution < 1.29 is 13.2 Å². The Hall–Kier alpha value is -1.40. The Morgan fingerprint density at radius 1 is 1.39 bits per heavy atom. The number of benzene rings is 1. The number of rotatable bonds is 3. The van der Waals surface area contributed by atoms with E-state index in [0.29, 0.717) is 5.69 Å². The van der Waals surface area contributed by atoms with Crippen LogP contribution in [0.1, 0.15) is 24.8 Å². The highest BCUT2D eigenvalue weighted by atomic mass is 32.2. The molecular weight excluding hydrogens is 252 g/mol. The van der Waals surface area contributed by atoms with Crippen molar-refractivity contribution in [3.63, 3.8) is 0 Å². The quantitative estimate of drug-likeness (QED) is 0.867. The lowest BCUT2D eigenvalue weighted by Crippen LogP contribution is -2.28. The van der Waals surface area contributed by atoms with E-state index in [1.54, 1.807) is 6.07 Å².